The number of benzene rings is 1. The number of hydrogen-bond acceptors (Lipinski definition) is 3. The Morgan fingerprint density at radius 1 is 1.25 bits per heavy atom. The maximum atomic E-state index is 12.4. The van der Waals surface area contributed by atoms with E-state index in [2.05, 4.69) is 4.98 Å². The van der Waals surface area contributed by atoms with Gasteiger partial charge in [-0.15, -0.1) is 0 Å². The van der Waals surface area contributed by atoms with Crippen LogP contribution in [0.15, 0.2) is 42.5 Å². The topological polar surface area (TPSA) is 59.2 Å². The van der Waals surface area contributed by atoms with Crippen LogP contribution in [-0.4, -0.2) is 22.3 Å². The van der Waals surface area contributed by atoms with Gasteiger partial charge in [0.05, 0.1) is 0 Å². The Labute approximate surface area is 119 Å². The molecule has 0 fully saturated rings. The first-order valence-electron chi connectivity index (χ1n) is 6.67. The minimum Gasteiger partial charge on any atom is -0.399 e. The number of pyridine rings is 1. The summed E-state index contributed by atoms with van der Waals surface area (Å²) >= 11 is 0. The molecule has 4 nitrogen and oxygen atoms in total. The molecule has 1 heterocycles. The number of carbonyl (C=O) groups excluding carboxylic acids is 1. The van der Waals surface area contributed by atoms with E-state index in [9.17, 15) is 4.79 Å². The molecular weight excluding hydrogens is 250 g/mol. The molecule has 0 aliphatic rings. The van der Waals surface area contributed by atoms with Crippen LogP contribution in [-0.2, 0) is 6.54 Å². The van der Waals surface area contributed by atoms with Gasteiger partial charge in [-0.25, -0.2) is 4.98 Å². The number of nitrogens with zero attached hydrogens (tertiary/aromatic N) is 2. The summed E-state index contributed by atoms with van der Waals surface area (Å²) in [7, 11) is 0. The second kappa shape index (κ2) is 6.19. The fourth-order valence-corrected chi connectivity index (χ4v) is 2.06. The van der Waals surface area contributed by atoms with Gasteiger partial charge in [-0.3, -0.25) is 4.79 Å². The summed E-state index contributed by atoms with van der Waals surface area (Å²) in [5, 5.41) is 0. The van der Waals surface area contributed by atoms with Crippen LogP contribution in [0.2, 0.25) is 0 Å². The lowest BCUT2D eigenvalue weighted by molar-refractivity contribution is 0.0746. The van der Waals surface area contributed by atoms with Gasteiger partial charge in [-0.2, -0.15) is 0 Å². The van der Waals surface area contributed by atoms with Gasteiger partial charge in [0.1, 0.15) is 5.69 Å². The van der Waals surface area contributed by atoms with Crippen LogP contribution in [0.4, 0.5) is 5.69 Å². The number of carbonyl (C=O) groups is 1. The number of hydrogen-bond donors (Lipinski definition) is 1. The standard InChI is InChI=1S/C16H19N3O/c1-3-19(11-13-7-5-8-14(17)10-13)16(20)15-9-4-6-12(2)18-15/h4-10H,3,11,17H2,1-2H3. The van der Waals surface area contributed by atoms with Crippen molar-refractivity contribution in [1.29, 1.82) is 0 Å². The molecular formula is C16H19N3O. The van der Waals surface area contributed by atoms with Crippen LogP contribution in [0.3, 0.4) is 0 Å². The van der Waals surface area contributed by atoms with Crippen molar-refractivity contribution < 1.29 is 4.79 Å². The highest BCUT2D eigenvalue weighted by Gasteiger charge is 2.15. The van der Waals surface area contributed by atoms with Crippen LogP contribution in [0.25, 0.3) is 0 Å². The van der Waals surface area contributed by atoms with E-state index in [0.29, 0.717) is 24.5 Å². The Balaban J connectivity index is 2.18. The summed E-state index contributed by atoms with van der Waals surface area (Å²) < 4.78 is 0. The van der Waals surface area contributed by atoms with Crippen molar-refractivity contribution in [3.05, 3.63) is 59.4 Å². The monoisotopic (exact) mass is 269 g/mol. The molecule has 1 aromatic carbocycles. The van der Waals surface area contributed by atoms with Crippen molar-refractivity contribution in [3.63, 3.8) is 0 Å². The van der Waals surface area contributed by atoms with Gasteiger partial charge < -0.3 is 10.6 Å². The molecule has 0 bridgehead atoms. The Morgan fingerprint density at radius 3 is 2.65 bits per heavy atom. The lowest BCUT2D eigenvalue weighted by Gasteiger charge is -2.21. The number of amides is 1. The third kappa shape index (κ3) is 3.35. The van der Waals surface area contributed by atoms with E-state index in [1.54, 1.807) is 11.0 Å². The highest BCUT2D eigenvalue weighted by atomic mass is 16.2. The molecule has 2 N–H and O–H groups in total. The molecule has 0 atom stereocenters. The van der Waals surface area contributed by atoms with Gasteiger partial charge in [0, 0.05) is 24.5 Å². The number of nitrogen functional groups attached to an aromatic ring is 1. The first-order chi connectivity index (χ1) is 9.60. The fourth-order valence-electron chi connectivity index (χ4n) is 2.06. The summed E-state index contributed by atoms with van der Waals surface area (Å²) in [6.07, 6.45) is 0. The summed E-state index contributed by atoms with van der Waals surface area (Å²) in [6, 6.07) is 13.1. The Kier molecular flexibility index (Phi) is 4.35. The zero-order chi connectivity index (χ0) is 14.5. The number of aryl methyl sites for hydroxylation is 1. The van der Waals surface area contributed by atoms with Crippen LogP contribution in [0, 0.1) is 6.92 Å². The van der Waals surface area contributed by atoms with Crippen molar-refractivity contribution >= 4 is 11.6 Å². The predicted octanol–water partition coefficient (Wildman–Crippen LogP) is 2.63. The van der Waals surface area contributed by atoms with Crippen LogP contribution in [0.1, 0.15) is 28.7 Å². The maximum absolute atomic E-state index is 12.4. The quantitative estimate of drug-likeness (QED) is 0.868. The third-order valence-electron chi connectivity index (χ3n) is 3.10. The Hall–Kier alpha value is -2.36. The van der Waals surface area contributed by atoms with Gasteiger partial charge in [-0.1, -0.05) is 18.2 Å². The van der Waals surface area contributed by atoms with Crippen molar-refractivity contribution in [1.82, 2.24) is 9.88 Å². The molecule has 1 aromatic heterocycles. The first-order valence-corrected chi connectivity index (χ1v) is 6.67. The summed E-state index contributed by atoms with van der Waals surface area (Å²) in [5.74, 6) is -0.0568. The molecule has 0 radical (unpaired) electrons. The zero-order valence-electron chi connectivity index (χ0n) is 11.8. The molecule has 0 aliphatic carbocycles. The maximum Gasteiger partial charge on any atom is 0.272 e. The average molecular weight is 269 g/mol. The second-order valence-electron chi connectivity index (χ2n) is 4.73. The Bertz CT molecular complexity index is 610. The van der Waals surface area contributed by atoms with Gasteiger partial charge in [0.25, 0.3) is 5.91 Å². The predicted molar refractivity (Wildman–Crippen MR) is 80.2 cm³/mol. The summed E-state index contributed by atoms with van der Waals surface area (Å²) in [5.41, 5.74) is 8.82. The fraction of sp³-hybridized carbons (Fsp3) is 0.250. The summed E-state index contributed by atoms with van der Waals surface area (Å²) in [6.45, 7) is 5.00. The van der Waals surface area contributed by atoms with Gasteiger partial charge in [0.15, 0.2) is 0 Å². The number of nitrogens with two attached hydrogens (primary N) is 1. The number of aromatic nitrogens is 1. The van der Waals surface area contributed by atoms with Crippen LogP contribution in [0.5, 0.6) is 0 Å². The van der Waals surface area contributed by atoms with E-state index in [-0.39, 0.29) is 5.91 Å². The van der Waals surface area contributed by atoms with E-state index in [1.165, 1.54) is 0 Å². The second-order valence-corrected chi connectivity index (χ2v) is 4.73. The molecule has 0 aliphatic heterocycles. The summed E-state index contributed by atoms with van der Waals surface area (Å²) in [4.78, 5) is 18.5. The van der Waals surface area contributed by atoms with E-state index in [0.717, 1.165) is 11.3 Å². The molecule has 0 saturated carbocycles. The molecule has 4 heteroatoms. The van der Waals surface area contributed by atoms with E-state index < -0.39 is 0 Å². The molecule has 1 amide bonds. The van der Waals surface area contributed by atoms with Gasteiger partial charge in [0.2, 0.25) is 0 Å². The molecule has 0 saturated heterocycles. The lowest BCUT2D eigenvalue weighted by Crippen LogP contribution is -2.31. The highest BCUT2D eigenvalue weighted by molar-refractivity contribution is 5.92. The van der Waals surface area contributed by atoms with Crippen molar-refractivity contribution in [2.75, 3.05) is 12.3 Å². The lowest BCUT2D eigenvalue weighted by atomic mass is 10.2. The average Bonchev–Trinajstić information content (AvgIpc) is 2.44. The molecule has 2 rings (SSSR count). The molecule has 0 unspecified atom stereocenters. The van der Waals surface area contributed by atoms with Gasteiger partial charge in [-0.05, 0) is 43.7 Å². The smallest absolute Gasteiger partial charge is 0.272 e. The highest BCUT2D eigenvalue weighted by Crippen LogP contribution is 2.12. The largest absolute Gasteiger partial charge is 0.399 e. The third-order valence-corrected chi connectivity index (χ3v) is 3.10. The normalized spacial score (nSPS) is 10.3. The Morgan fingerprint density at radius 2 is 2.00 bits per heavy atom. The van der Waals surface area contributed by atoms with Crippen molar-refractivity contribution in [2.24, 2.45) is 0 Å². The first kappa shape index (κ1) is 14.1. The minimum atomic E-state index is -0.0568. The molecule has 2 aromatic rings. The van der Waals surface area contributed by atoms with Gasteiger partial charge >= 0.3 is 0 Å². The molecule has 20 heavy (non-hydrogen) atoms. The number of anilines is 1. The minimum absolute atomic E-state index is 0.0568. The number of rotatable bonds is 4. The molecule has 104 valence electrons. The van der Waals surface area contributed by atoms with E-state index in [4.69, 9.17) is 5.73 Å². The van der Waals surface area contributed by atoms with Crippen LogP contribution < -0.4 is 5.73 Å². The van der Waals surface area contributed by atoms with E-state index >= 15 is 0 Å². The zero-order valence-corrected chi connectivity index (χ0v) is 11.8. The molecule has 0 spiro atoms. The SMILES string of the molecule is CCN(Cc1cccc(N)c1)C(=O)c1cccc(C)n1. The van der Waals surface area contributed by atoms with Crippen molar-refractivity contribution in [2.45, 2.75) is 20.4 Å². The van der Waals surface area contributed by atoms with Crippen LogP contribution >= 0.6 is 0 Å². The van der Waals surface area contributed by atoms with Crippen molar-refractivity contribution in [3.8, 4) is 0 Å². The van der Waals surface area contributed by atoms with E-state index in [1.807, 2.05) is 50.2 Å².